The van der Waals surface area contributed by atoms with Gasteiger partial charge in [0.25, 0.3) is 6.43 Å². The number of halogens is 2. The van der Waals surface area contributed by atoms with Gasteiger partial charge in [-0.2, -0.15) is 4.98 Å². The molecule has 0 saturated carbocycles. The second kappa shape index (κ2) is 4.59. The van der Waals surface area contributed by atoms with E-state index in [0.717, 1.165) is 0 Å². The molecule has 0 aliphatic carbocycles. The summed E-state index contributed by atoms with van der Waals surface area (Å²) in [6.07, 6.45) is -2.50. The quantitative estimate of drug-likeness (QED) is 0.718. The number of nitrogens with zero attached hydrogens (tertiary/aromatic N) is 1. The average Bonchev–Trinajstić information content (AvgIpc) is 2.15. The van der Waals surface area contributed by atoms with Crippen molar-refractivity contribution in [1.29, 1.82) is 0 Å². The molecule has 0 amide bonds. The highest BCUT2D eigenvalue weighted by molar-refractivity contribution is 5.18. The number of hydrogen-bond acceptors (Lipinski definition) is 3. The Morgan fingerprint density at radius 3 is 3.00 bits per heavy atom. The molecule has 0 aliphatic heterocycles. The van der Waals surface area contributed by atoms with Crippen LogP contribution < -0.4 is 9.47 Å². The molecule has 0 fully saturated rings. The van der Waals surface area contributed by atoms with Gasteiger partial charge in [0.15, 0.2) is 6.61 Å². The lowest BCUT2D eigenvalue weighted by Crippen LogP contribution is -2.08. The molecule has 0 N–H and O–H groups in total. The zero-order valence-electron chi connectivity index (χ0n) is 6.96. The van der Waals surface area contributed by atoms with Crippen molar-refractivity contribution in [3.05, 3.63) is 18.2 Å². The predicted octanol–water partition coefficient (Wildman–Crippen LogP) is 1.53. The predicted molar refractivity (Wildman–Crippen MR) is 41.1 cm³/mol. The van der Waals surface area contributed by atoms with E-state index in [4.69, 9.17) is 4.74 Å². The Labute approximate surface area is 74.3 Å². The van der Waals surface area contributed by atoms with Crippen LogP contribution in [0.1, 0.15) is 0 Å². The van der Waals surface area contributed by atoms with Crippen molar-refractivity contribution in [2.45, 2.75) is 6.43 Å². The Hall–Kier alpha value is -1.39. The zero-order chi connectivity index (χ0) is 9.68. The van der Waals surface area contributed by atoms with Crippen LogP contribution in [0.4, 0.5) is 8.78 Å². The van der Waals surface area contributed by atoms with Crippen LogP contribution in [0.25, 0.3) is 0 Å². The van der Waals surface area contributed by atoms with Crippen molar-refractivity contribution in [1.82, 2.24) is 4.98 Å². The zero-order valence-corrected chi connectivity index (χ0v) is 6.96. The Morgan fingerprint density at radius 2 is 2.38 bits per heavy atom. The lowest BCUT2D eigenvalue weighted by Gasteiger charge is -2.04. The van der Waals surface area contributed by atoms with E-state index in [0.29, 0.717) is 0 Å². The molecule has 0 unspecified atom stereocenters. The van der Waals surface area contributed by atoms with E-state index in [9.17, 15) is 8.78 Å². The van der Waals surface area contributed by atoms with Crippen molar-refractivity contribution in [3.63, 3.8) is 0 Å². The van der Waals surface area contributed by atoms with Crippen LogP contribution in [0, 0.1) is 6.07 Å². The first-order valence-electron chi connectivity index (χ1n) is 3.56. The molecule has 0 atom stereocenters. The number of hydrogen-bond donors (Lipinski definition) is 0. The molecule has 0 aromatic carbocycles. The number of ether oxygens (including phenoxy) is 2. The molecule has 1 rings (SSSR count). The number of aromatic nitrogens is 1. The van der Waals surface area contributed by atoms with E-state index in [2.05, 4.69) is 15.8 Å². The van der Waals surface area contributed by atoms with Gasteiger partial charge in [-0.3, -0.25) is 0 Å². The lowest BCUT2D eigenvalue weighted by molar-refractivity contribution is 0.0792. The topological polar surface area (TPSA) is 31.4 Å². The van der Waals surface area contributed by atoms with Gasteiger partial charge in [-0.1, -0.05) is 0 Å². The van der Waals surface area contributed by atoms with E-state index in [1.54, 1.807) is 0 Å². The fourth-order valence-electron chi connectivity index (χ4n) is 0.687. The first-order chi connectivity index (χ1) is 6.22. The summed E-state index contributed by atoms with van der Waals surface area (Å²) >= 11 is 0. The van der Waals surface area contributed by atoms with E-state index < -0.39 is 13.0 Å². The van der Waals surface area contributed by atoms with Crippen LogP contribution in [-0.2, 0) is 0 Å². The molecule has 0 bridgehead atoms. The van der Waals surface area contributed by atoms with Crippen LogP contribution in [0.2, 0.25) is 0 Å². The van der Waals surface area contributed by atoms with Gasteiger partial charge < -0.3 is 9.47 Å². The first kappa shape index (κ1) is 9.70. The average molecular weight is 188 g/mol. The van der Waals surface area contributed by atoms with Crippen LogP contribution in [-0.4, -0.2) is 25.1 Å². The molecule has 0 saturated heterocycles. The van der Waals surface area contributed by atoms with E-state index in [1.807, 2.05) is 0 Å². The fourth-order valence-corrected chi connectivity index (χ4v) is 0.687. The molecule has 71 valence electrons. The lowest BCUT2D eigenvalue weighted by atomic mass is 10.5. The highest BCUT2D eigenvalue weighted by Crippen LogP contribution is 2.12. The minimum absolute atomic E-state index is 0.107. The second-order valence-electron chi connectivity index (χ2n) is 2.14. The smallest absolute Gasteiger partial charge is 0.272 e. The molecule has 1 radical (unpaired) electrons. The van der Waals surface area contributed by atoms with E-state index in [-0.39, 0.29) is 11.8 Å². The Balaban J connectivity index is 2.56. The van der Waals surface area contributed by atoms with Gasteiger partial charge in [-0.15, -0.1) is 0 Å². The third-order valence-electron chi connectivity index (χ3n) is 1.20. The number of rotatable bonds is 4. The van der Waals surface area contributed by atoms with E-state index >= 15 is 0 Å². The summed E-state index contributed by atoms with van der Waals surface area (Å²) in [4.78, 5) is 3.73. The van der Waals surface area contributed by atoms with Crippen LogP contribution in [0.3, 0.4) is 0 Å². The molecule has 5 heteroatoms. The Morgan fingerprint density at radius 1 is 1.62 bits per heavy atom. The maximum Gasteiger partial charge on any atom is 0.272 e. The van der Waals surface area contributed by atoms with Crippen molar-refractivity contribution >= 4 is 0 Å². The minimum Gasteiger partial charge on any atom is -0.480 e. The summed E-state index contributed by atoms with van der Waals surface area (Å²) in [5.41, 5.74) is 0. The third-order valence-corrected chi connectivity index (χ3v) is 1.20. The van der Waals surface area contributed by atoms with E-state index in [1.165, 1.54) is 19.2 Å². The van der Waals surface area contributed by atoms with Crippen molar-refractivity contribution in [2.75, 3.05) is 13.7 Å². The molecule has 13 heavy (non-hydrogen) atoms. The maximum atomic E-state index is 11.7. The maximum absolute atomic E-state index is 11.7. The SMILES string of the molecule is COc1[c]ccc(OCC(F)F)n1. The third kappa shape index (κ3) is 3.23. The standard InChI is InChI=1S/C8H8F2NO2/c1-12-7-3-2-4-8(11-7)13-5-6(9)10/h2,4,6H,5H2,1H3. The van der Waals surface area contributed by atoms with Crippen LogP contribution in [0.15, 0.2) is 12.1 Å². The number of alkyl halides is 2. The van der Waals surface area contributed by atoms with Gasteiger partial charge in [0.05, 0.1) is 7.11 Å². The molecule has 0 aliphatic rings. The van der Waals surface area contributed by atoms with Gasteiger partial charge in [-0.25, -0.2) is 8.78 Å². The summed E-state index contributed by atoms with van der Waals surface area (Å²) in [5, 5.41) is 0. The fraction of sp³-hybridized carbons (Fsp3) is 0.375. The molecule has 1 aromatic rings. The molecule has 1 aromatic heterocycles. The van der Waals surface area contributed by atoms with Gasteiger partial charge >= 0.3 is 0 Å². The second-order valence-corrected chi connectivity index (χ2v) is 2.14. The Kier molecular flexibility index (Phi) is 3.42. The summed E-state index contributed by atoms with van der Waals surface area (Å²) in [6, 6.07) is 5.57. The summed E-state index contributed by atoms with van der Waals surface area (Å²) in [6.45, 7) is -0.667. The summed E-state index contributed by atoms with van der Waals surface area (Å²) < 4.78 is 32.8. The first-order valence-corrected chi connectivity index (χ1v) is 3.56. The van der Waals surface area contributed by atoms with Crippen molar-refractivity contribution in [2.24, 2.45) is 0 Å². The highest BCUT2D eigenvalue weighted by Gasteiger charge is 2.04. The van der Waals surface area contributed by atoms with Crippen molar-refractivity contribution < 1.29 is 18.3 Å². The highest BCUT2D eigenvalue weighted by atomic mass is 19.3. The van der Waals surface area contributed by atoms with Crippen molar-refractivity contribution in [3.8, 4) is 11.8 Å². The largest absolute Gasteiger partial charge is 0.480 e. The molecular weight excluding hydrogens is 180 g/mol. The van der Waals surface area contributed by atoms with Crippen LogP contribution in [0.5, 0.6) is 11.8 Å². The monoisotopic (exact) mass is 188 g/mol. The molecule has 3 nitrogen and oxygen atoms in total. The molecular formula is C8H8F2NO2. The summed E-state index contributed by atoms with van der Waals surface area (Å²) in [7, 11) is 1.41. The number of methoxy groups -OCH3 is 1. The number of pyridine rings is 1. The van der Waals surface area contributed by atoms with Gasteiger partial charge in [0.2, 0.25) is 11.8 Å². The van der Waals surface area contributed by atoms with Gasteiger partial charge in [0.1, 0.15) is 0 Å². The normalized spacial score (nSPS) is 10.2. The summed E-state index contributed by atoms with van der Waals surface area (Å²) in [5.74, 6) is 0.322. The van der Waals surface area contributed by atoms with Gasteiger partial charge in [0, 0.05) is 12.1 Å². The van der Waals surface area contributed by atoms with Gasteiger partial charge in [-0.05, 0) is 6.07 Å². The van der Waals surface area contributed by atoms with Crippen LogP contribution >= 0.6 is 0 Å². The Bertz CT molecular complexity index is 268. The molecule has 1 heterocycles. The minimum atomic E-state index is -2.50. The molecule has 0 spiro atoms.